The number of pyridine rings is 1. The Morgan fingerprint density at radius 3 is 2.39 bits per heavy atom. The number of piperazine rings is 1. The number of aryl methyl sites for hydroxylation is 1. The summed E-state index contributed by atoms with van der Waals surface area (Å²) >= 11 is 1.45. The number of esters is 1. The van der Waals surface area contributed by atoms with Crippen molar-refractivity contribution in [1.29, 1.82) is 0 Å². The largest absolute Gasteiger partial charge is 0.490 e. The SMILES string of the molecule is Cc1c(OC2CCC(CCCN3CCN(c4cccc5c(C6CCC(=O)NC6=O)nn(C)c45)CC3)CC2)cccc1-c1ccc(N2CCc3cccc(C(=O)Nc4nc5ccccc5s4)c3C2)nc1C(=O)OC(C)(C)C. The maximum Gasteiger partial charge on any atom is 0.358 e. The molecule has 1 unspecified atom stereocenters. The van der Waals surface area contributed by atoms with E-state index in [1.165, 1.54) is 24.2 Å². The van der Waals surface area contributed by atoms with Gasteiger partial charge in [0.1, 0.15) is 17.2 Å². The first-order valence-corrected chi connectivity index (χ1v) is 27.8. The van der Waals surface area contributed by atoms with Gasteiger partial charge in [-0.3, -0.25) is 34.6 Å². The minimum absolute atomic E-state index is 0.114. The fourth-order valence-electron chi connectivity index (χ4n) is 11.8. The molecule has 2 N–H and O–H groups in total. The number of hydrogen-bond donors (Lipinski definition) is 2. The first-order valence-electron chi connectivity index (χ1n) is 27.0. The molecule has 76 heavy (non-hydrogen) atoms. The highest BCUT2D eigenvalue weighted by Crippen LogP contribution is 2.39. The molecule has 4 aliphatic rings. The smallest absolute Gasteiger partial charge is 0.358 e. The predicted molar refractivity (Wildman–Crippen MR) is 298 cm³/mol. The van der Waals surface area contributed by atoms with Crippen LogP contribution in [0, 0.1) is 12.8 Å². The molecule has 7 aromatic rings. The van der Waals surface area contributed by atoms with Gasteiger partial charge in [-0.15, -0.1) is 0 Å². The van der Waals surface area contributed by atoms with Gasteiger partial charge in [0, 0.05) is 69.3 Å². The average molecular weight is 1040 g/mol. The van der Waals surface area contributed by atoms with Crippen molar-refractivity contribution in [1.82, 2.24) is 30.0 Å². The average Bonchev–Trinajstić information content (AvgIpc) is 4.02. The third-order valence-electron chi connectivity index (χ3n) is 15.7. The van der Waals surface area contributed by atoms with Gasteiger partial charge in [-0.25, -0.2) is 14.8 Å². The summed E-state index contributed by atoms with van der Waals surface area (Å²) in [7, 11) is 1.95. The number of carbonyl (C=O) groups is 4. The molecule has 6 heterocycles. The highest BCUT2D eigenvalue weighted by atomic mass is 32.1. The number of para-hydroxylation sites is 2. The molecule has 1 aliphatic carbocycles. The standard InChI is InChI=1S/C60H67N9O6S/c1-37-41(42-25-27-51(62-54(42)58(73)75-60(2,3)4)69-31-29-39-13-8-15-43(46(39)36-69)56(71)64-59-61-47-17-6-7-20-50(47)76-59)14-10-19-49(37)74-40-23-21-38(22-24-40)12-11-30-67-32-34-68(35-33-67)48-18-9-16-44-53(65-66(5)55(44)48)45-26-28-52(70)63-57(45)72/h6-10,13-20,25,27,38,40,45H,11-12,21-24,26,28-36H2,1-5H3,(H,61,64,71)(H,63,70,72). The molecular formula is C60H67N9O6S. The lowest BCUT2D eigenvalue weighted by Gasteiger charge is -2.37. The summed E-state index contributed by atoms with van der Waals surface area (Å²) in [5.74, 6) is 0.544. The molecule has 1 saturated carbocycles. The van der Waals surface area contributed by atoms with Gasteiger partial charge < -0.3 is 19.3 Å². The van der Waals surface area contributed by atoms with Gasteiger partial charge in [-0.2, -0.15) is 5.10 Å². The third kappa shape index (κ3) is 10.8. The zero-order valence-corrected chi connectivity index (χ0v) is 45.0. The number of ether oxygens (including phenoxy) is 2. The topological polar surface area (TPSA) is 164 Å². The number of hydrogen-bond acceptors (Lipinski definition) is 13. The molecule has 0 spiro atoms. The van der Waals surface area contributed by atoms with Gasteiger partial charge in [0.15, 0.2) is 10.8 Å². The lowest BCUT2D eigenvalue weighted by atomic mass is 9.84. The van der Waals surface area contributed by atoms with E-state index < -0.39 is 17.5 Å². The molecule has 0 bridgehead atoms. The van der Waals surface area contributed by atoms with Crippen LogP contribution in [0.4, 0.5) is 16.6 Å². The van der Waals surface area contributed by atoms with Gasteiger partial charge in [-0.05, 0) is 156 Å². The molecule has 11 rings (SSSR count). The zero-order valence-electron chi connectivity index (χ0n) is 44.2. The lowest BCUT2D eigenvalue weighted by molar-refractivity contribution is -0.134. The quantitative estimate of drug-likeness (QED) is 0.0831. The van der Waals surface area contributed by atoms with Crippen molar-refractivity contribution >= 4 is 72.8 Å². The van der Waals surface area contributed by atoms with Gasteiger partial charge in [-0.1, -0.05) is 59.9 Å². The molecule has 3 aromatic heterocycles. The van der Waals surface area contributed by atoms with Crippen LogP contribution in [-0.4, -0.2) is 99.3 Å². The Hall–Kier alpha value is -7.17. The number of anilines is 3. The van der Waals surface area contributed by atoms with Crippen molar-refractivity contribution in [3.8, 4) is 16.9 Å². The second-order valence-electron chi connectivity index (χ2n) is 22.0. The lowest BCUT2D eigenvalue weighted by Crippen LogP contribution is -2.46. The summed E-state index contributed by atoms with van der Waals surface area (Å²) in [6, 6.07) is 30.0. The van der Waals surface area contributed by atoms with E-state index in [4.69, 9.17) is 19.6 Å². The normalized spacial score (nSPS) is 19.4. The molecule has 3 fully saturated rings. The van der Waals surface area contributed by atoms with Crippen molar-refractivity contribution in [2.24, 2.45) is 13.0 Å². The molecular weight excluding hydrogens is 975 g/mol. The number of carbonyl (C=O) groups excluding carboxylic acids is 4. The Kier molecular flexibility index (Phi) is 14.4. The van der Waals surface area contributed by atoms with Crippen molar-refractivity contribution < 1.29 is 28.7 Å². The van der Waals surface area contributed by atoms with Crippen LogP contribution in [0.15, 0.2) is 91.0 Å². The second-order valence-corrected chi connectivity index (χ2v) is 23.0. The summed E-state index contributed by atoms with van der Waals surface area (Å²) in [5, 5.41) is 11.9. The number of aromatic nitrogens is 4. The van der Waals surface area contributed by atoms with E-state index in [0.717, 1.165) is 119 Å². The summed E-state index contributed by atoms with van der Waals surface area (Å²) in [5.41, 5.74) is 8.44. The maximum atomic E-state index is 14.1. The molecule has 3 aliphatic heterocycles. The van der Waals surface area contributed by atoms with Gasteiger partial charge in [0.2, 0.25) is 11.8 Å². The van der Waals surface area contributed by atoms with Crippen LogP contribution >= 0.6 is 11.3 Å². The van der Waals surface area contributed by atoms with E-state index in [1.807, 2.05) is 105 Å². The fraction of sp³-hybridized carbons (Fsp3) is 0.417. The van der Waals surface area contributed by atoms with Crippen molar-refractivity contribution in [3.63, 3.8) is 0 Å². The molecule has 2 saturated heterocycles. The van der Waals surface area contributed by atoms with Crippen molar-refractivity contribution in [2.45, 2.75) is 110 Å². The Balaban J connectivity index is 0.700. The summed E-state index contributed by atoms with van der Waals surface area (Å²) < 4.78 is 15.7. The molecule has 3 amide bonds. The molecule has 4 aromatic carbocycles. The fourth-order valence-corrected chi connectivity index (χ4v) is 12.6. The number of nitrogens with one attached hydrogen (secondary N) is 2. The van der Waals surface area contributed by atoms with Crippen LogP contribution < -0.4 is 25.2 Å². The van der Waals surface area contributed by atoms with Crippen LogP contribution in [0.3, 0.4) is 0 Å². The van der Waals surface area contributed by atoms with Crippen LogP contribution in [0.2, 0.25) is 0 Å². The van der Waals surface area contributed by atoms with E-state index in [1.54, 1.807) is 0 Å². The van der Waals surface area contributed by atoms with Crippen LogP contribution in [0.5, 0.6) is 5.75 Å². The molecule has 15 nitrogen and oxygen atoms in total. The predicted octanol–water partition coefficient (Wildman–Crippen LogP) is 10.4. The minimum atomic E-state index is -0.733. The number of imide groups is 1. The number of fused-ring (bicyclic) bond motifs is 3. The zero-order chi connectivity index (χ0) is 52.7. The summed E-state index contributed by atoms with van der Waals surface area (Å²) in [4.78, 5) is 69.4. The van der Waals surface area contributed by atoms with Gasteiger partial charge in [0.05, 0.1) is 39.1 Å². The number of amides is 3. The molecule has 16 heteroatoms. The summed E-state index contributed by atoms with van der Waals surface area (Å²) in [6.45, 7) is 13.7. The van der Waals surface area contributed by atoms with E-state index in [9.17, 15) is 19.2 Å². The number of rotatable bonds is 13. The number of piperidine rings is 1. The van der Waals surface area contributed by atoms with Gasteiger partial charge in [0.25, 0.3) is 5.91 Å². The minimum Gasteiger partial charge on any atom is -0.490 e. The van der Waals surface area contributed by atoms with Crippen LogP contribution in [0.25, 0.3) is 32.2 Å². The Labute approximate surface area is 448 Å². The van der Waals surface area contributed by atoms with Crippen LogP contribution in [0.1, 0.15) is 121 Å². The van der Waals surface area contributed by atoms with Crippen molar-refractivity contribution in [2.75, 3.05) is 54.4 Å². The third-order valence-corrected chi connectivity index (χ3v) is 16.7. The maximum absolute atomic E-state index is 14.1. The highest BCUT2D eigenvalue weighted by molar-refractivity contribution is 7.22. The molecule has 0 radical (unpaired) electrons. The number of thiazole rings is 1. The number of nitrogens with zero attached hydrogens (tertiary/aromatic N) is 7. The van der Waals surface area contributed by atoms with Crippen LogP contribution in [-0.2, 0) is 34.3 Å². The Bertz CT molecular complexity index is 3310. The number of benzene rings is 4. The van der Waals surface area contributed by atoms with Gasteiger partial charge >= 0.3 is 5.97 Å². The van der Waals surface area contributed by atoms with Crippen molar-refractivity contribution in [3.05, 3.63) is 125 Å². The van der Waals surface area contributed by atoms with E-state index in [2.05, 4.69) is 55.4 Å². The Morgan fingerprint density at radius 2 is 1.61 bits per heavy atom. The Morgan fingerprint density at radius 1 is 0.816 bits per heavy atom. The summed E-state index contributed by atoms with van der Waals surface area (Å²) in [6.07, 6.45) is 8.30. The van der Waals surface area contributed by atoms with E-state index >= 15 is 0 Å². The highest BCUT2D eigenvalue weighted by Gasteiger charge is 2.34. The first kappa shape index (κ1) is 51.0. The molecule has 1 atom stereocenters. The monoisotopic (exact) mass is 1040 g/mol. The second kappa shape index (κ2) is 21.5. The van der Waals surface area contributed by atoms with E-state index in [-0.39, 0.29) is 29.5 Å². The van der Waals surface area contributed by atoms with E-state index in [0.29, 0.717) is 60.3 Å². The molecule has 394 valence electrons. The first-order chi connectivity index (χ1) is 36.7.